The van der Waals surface area contributed by atoms with Gasteiger partial charge in [0.25, 0.3) is 0 Å². The molecule has 0 aliphatic heterocycles. The molecule has 0 unspecified atom stereocenters. The first-order chi connectivity index (χ1) is 9.26. The second-order valence-corrected chi connectivity index (χ2v) is 4.84. The second-order valence-electron chi connectivity index (χ2n) is 4.84. The van der Waals surface area contributed by atoms with E-state index in [4.69, 9.17) is 5.73 Å². The summed E-state index contributed by atoms with van der Waals surface area (Å²) < 4.78 is 1.95. The van der Waals surface area contributed by atoms with Crippen molar-refractivity contribution < 1.29 is 0 Å². The molecule has 0 radical (unpaired) electrons. The summed E-state index contributed by atoms with van der Waals surface area (Å²) in [5, 5.41) is 0. The molecule has 2 aromatic heterocycles. The highest BCUT2D eigenvalue weighted by Gasteiger charge is 2.13. The minimum absolute atomic E-state index is 0.540. The summed E-state index contributed by atoms with van der Waals surface area (Å²) in [6, 6.07) is 0. The van der Waals surface area contributed by atoms with Crippen molar-refractivity contribution >= 4 is 17.3 Å². The number of unbranched alkanes of at least 4 members (excludes halogenated alkanes) is 2. The number of imidazole rings is 1. The minimum Gasteiger partial charge on any atom is -0.382 e. The van der Waals surface area contributed by atoms with E-state index in [1.165, 1.54) is 12.8 Å². The molecule has 0 fully saturated rings. The Balaban J connectivity index is 2.33. The summed E-state index contributed by atoms with van der Waals surface area (Å²) in [4.78, 5) is 11.2. The predicted octanol–water partition coefficient (Wildman–Crippen LogP) is 2.72. The van der Waals surface area contributed by atoms with Gasteiger partial charge < -0.3 is 15.0 Å². The van der Waals surface area contributed by atoms with E-state index >= 15 is 0 Å². The van der Waals surface area contributed by atoms with Crippen LogP contribution in [0.5, 0.6) is 0 Å². The van der Waals surface area contributed by atoms with Crippen molar-refractivity contribution in [3.8, 4) is 0 Å². The first-order valence-corrected chi connectivity index (χ1v) is 7.10. The van der Waals surface area contributed by atoms with Crippen LogP contribution in [0.1, 0.15) is 39.5 Å². The molecular formula is C14H23N5. The van der Waals surface area contributed by atoms with Gasteiger partial charge in [0.2, 0.25) is 0 Å². The van der Waals surface area contributed by atoms with Crippen molar-refractivity contribution in [2.45, 2.75) is 39.5 Å². The van der Waals surface area contributed by atoms with Crippen LogP contribution in [-0.4, -0.2) is 27.5 Å². The summed E-state index contributed by atoms with van der Waals surface area (Å²) in [5.41, 5.74) is 6.78. The van der Waals surface area contributed by atoms with E-state index in [0.717, 1.165) is 37.4 Å². The van der Waals surface area contributed by atoms with E-state index < -0.39 is 0 Å². The lowest BCUT2D eigenvalue weighted by atomic mass is 10.2. The minimum atomic E-state index is 0.540. The number of rotatable bonds is 7. The molecule has 104 valence electrons. The Labute approximate surface area is 114 Å². The number of hydrogen-bond donors (Lipinski definition) is 1. The first-order valence-electron chi connectivity index (χ1n) is 7.10. The largest absolute Gasteiger partial charge is 0.382 e. The van der Waals surface area contributed by atoms with Crippen molar-refractivity contribution in [3.63, 3.8) is 0 Å². The maximum absolute atomic E-state index is 5.89. The van der Waals surface area contributed by atoms with Crippen LogP contribution in [-0.2, 0) is 0 Å². The summed E-state index contributed by atoms with van der Waals surface area (Å²) >= 11 is 0. The molecule has 2 aromatic rings. The van der Waals surface area contributed by atoms with E-state index in [1.54, 1.807) is 6.20 Å². The molecule has 0 aromatic carbocycles. The number of fused-ring (bicyclic) bond motifs is 1. The van der Waals surface area contributed by atoms with Crippen LogP contribution in [0.25, 0.3) is 5.65 Å². The van der Waals surface area contributed by atoms with E-state index in [0.29, 0.717) is 5.82 Å². The van der Waals surface area contributed by atoms with E-state index in [9.17, 15) is 0 Å². The maximum atomic E-state index is 5.89. The van der Waals surface area contributed by atoms with Crippen molar-refractivity contribution in [1.29, 1.82) is 0 Å². The summed E-state index contributed by atoms with van der Waals surface area (Å²) in [5.74, 6) is 1.45. The van der Waals surface area contributed by atoms with Gasteiger partial charge in [-0.2, -0.15) is 0 Å². The quantitative estimate of drug-likeness (QED) is 0.832. The molecular weight excluding hydrogens is 238 g/mol. The number of anilines is 2. The van der Waals surface area contributed by atoms with Crippen molar-refractivity contribution in [2.75, 3.05) is 23.7 Å². The van der Waals surface area contributed by atoms with Crippen LogP contribution < -0.4 is 10.6 Å². The van der Waals surface area contributed by atoms with Crippen molar-refractivity contribution in [1.82, 2.24) is 14.4 Å². The monoisotopic (exact) mass is 261 g/mol. The Bertz CT molecular complexity index is 512. The van der Waals surface area contributed by atoms with Gasteiger partial charge in [-0.15, -0.1) is 0 Å². The second kappa shape index (κ2) is 6.41. The normalized spacial score (nSPS) is 11.1. The highest BCUT2D eigenvalue weighted by Crippen LogP contribution is 2.20. The smallest absolute Gasteiger partial charge is 0.180 e. The van der Waals surface area contributed by atoms with Crippen LogP contribution in [0.15, 0.2) is 18.6 Å². The van der Waals surface area contributed by atoms with E-state index in [1.807, 2.05) is 16.8 Å². The Morgan fingerprint density at radius 3 is 2.53 bits per heavy atom. The molecule has 0 aliphatic rings. The first kappa shape index (κ1) is 13.6. The van der Waals surface area contributed by atoms with Gasteiger partial charge >= 0.3 is 0 Å². The summed E-state index contributed by atoms with van der Waals surface area (Å²) in [7, 11) is 0. The molecule has 19 heavy (non-hydrogen) atoms. The molecule has 2 rings (SSSR count). The van der Waals surface area contributed by atoms with E-state index in [-0.39, 0.29) is 0 Å². The zero-order valence-electron chi connectivity index (χ0n) is 11.8. The Morgan fingerprint density at radius 1 is 1.21 bits per heavy atom. The Morgan fingerprint density at radius 2 is 1.89 bits per heavy atom. The van der Waals surface area contributed by atoms with Crippen LogP contribution >= 0.6 is 0 Å². The van der Waals surface area contributed by atoms with Gasteiger partial charge in [0.15, 0.2) is 11.5 Å². The van der Waals surface area contributed by atoms with Gasteiger partial charge in [-0.1, -0.05) is 26.7 Å². The van der Waals surface area contributed by atoms with Crippen LogP contribution in [0.3, 0.4) is 0 Å². The van der Waals surface area contributed by atoms with Gasteiger partial charge in [-0.25, -0.2) is 9.97 Å². The number of aromatic nitrogens is 3. The zero-order chi connectivity index (χ0) is 13.7. The van der Waals surface area contributed by atoms with Gasteiger partial charge in [0, 0.05) is 25.5 Å². The predicted molar refractivity (Wildman–Crippen MR) is 79.4 cm³/mol. The molecule has 0 spiro atoms. The third-order valence-electron chi connectivity index (χ3n) is 3.24. The van der Waals surface area contributed by atoms with Crippen LogP contribution in [0.4, 0.5) is 11.6 Å². The lowest BCUT2D eigenvalue weighted by Gasteiger charge is -2.24. The maximum Gasteiger partial charge on any atom is 0.180 e. The van der Waals surface area contributed by atoms with Crippen LogP contribution in [0.2, 0.25) is 0 Å². The highest BCUT2D eigenvalue weighted by atomic mass is 15.2. The molecule has 0 aliphatic carbocycles. The molecule has 5 heteroatoms. The lowest BCUT2D eigenvalue weighted by Crippen LogP contribution is -2.27. The molecule has 2 N–H and O–H groups in total. The lowest BCUT2D eigenvalue weighted by molar-refractivity contribution is 0.672. The molecule has 0 bridgehead atoms. The fourth-order valence-corrected chi connectivity index (χ4v) is 2.17. The van der Waals surface area contributed by atoms with Gasteiger partial charge in [0.1, 0.15) is 5.82 Å². The SMILES string of the molecule is CCCCN(CCCC)c1nc(N)cn2ccnc12. The number of hydrogen-bond acceptors (Lipinski definition) is 4. The average molecular weight is 261 g/mol. The average Bonchev–Trinajstić information content (AvgIpc) is 2.86. The Kier molecular flexibility index (Phi) is 4.60. The van der Waals surface area contributed by atoms with Crippen molar-refractivity contribution in [2.24, 2.45) is 0 Å². The summed E-state index contributed by atoms with van der Waals surface area (Å²) in [6.45, 7) is 6.43. The number of nitrogens with zero attached hydrogens (tertiary/aromatic N) is 4. The number of nitrogen functional groups attached to an aromatic ring is 1. The molecule has 0 saturated carbocycles. The number of nitrogens with two attached hydrogens (primary N) is 1. The highest BCUT2D eigenvalue weighted by molar-refractivity contribution is 5.66. The Hall–Kier alpha value is -1.78. The van der Waals surface area contributed by atoms with Gasteiger partial charge in [0.05, 0.1) is 6.20 Å². The molecule has 0 saturated heterocycles. The van der Waals surface area contributed by atoms with Gasteiger partial charge in [-0.3, -0.25) is 0 Å². The molecule has 0 atom stereocenters. The molecule has 0 amide bonds. The fourth-order valence-electron chi connectivity index (χ4n) is 2.17. The zero-order valence-corrected chi connectivity index (χ0v) is 11.8. The third kappa shape index (κ3) is 3.16. The van der Waals surface area contributed by atoms with Crippen LogP contribution in [0, 0.1) is 0 Å². The third-order valence-corrected chi connectivity index (χ3v) is 3.24. The van der Waals surface area contributed by atoms with E-state index in [2.05, 4.69) is 28.7 Å². The topological polar surface area (TPSA) is 59.5 Å². The van der Waals surface area contributed by atoms with Gasteiger partial charge in [-0.05, 0) is 12.8 Å². The summed E-state index contributed by atoms with van der Waals surface area (Å²) in [6.07, 6.45) is 10.2. The standard InChI is InChI=1S/C14H23N5/c1-3-5-8-18(9-6-4-2)14-13-16-7-10-19(13)11-12(15)17-14/h7,10-11H,3-6,8-9,15H2,1-2H3. The van der Waals surface area contributed by atoms with Crippen molar-refractivity contribution in [3.05, 3.63) is 18.6 Å². The fraction of sp³-hybridized carbons (Fsp3) is 0.571. The molecule has 5 nitrogen and oxygen atoms in total. The molecule has 2 heterocycles.